The van der Waals surface area contributed by atoms with Gasteiger partial charge in [0.2, 0.25) is 0 Å². The summed E-state index contributed by atoms with van der Waals surface area (Å²) < 4.78 is 0. The highest BCUT2D eigenvalue weighted by atomic mass is 35.5. The zero-order valence-corrected chi connectivity index (χ0v) is 12.3. The largest absolute Gasteiger partial charge is 0.271 e. The molecule has 3 nitrogen and oxygen atoms in total. The zero-order chi connectivity index (χ0) is 13.8. The number of halogens is 2. The van der Waals surface area contributed by atoms with Crippen LogP contribution < -0.4 is 5.43 Å². The average Bonchev–Trinajstić information content (AvgIpc) is 2.92. The van der Waals surface area contributed by atoms with Crippen molar-refractivity contribution in [3.05, 3.63) is 56.2 Å². The fourth-order valence-corrected chi connectivity index (χ4v) is 2.35. The Balaban J connectivity index is 2.09. The normalized spacial score (nSPS) is 11.4. The number of carbonyl (C=O) groups is 1. The van der Waals surface area contributed by atoms with Crippen molar-refractivity contribution in [2.45, 2.75) is 6.92 Å². The summed E-state index contributed by atoms with van der Waals surface area (Å²) in [5, 5.41) is 6.75. The van der Waals surface area contributed by atoms with E-state index in [0.717, 1.165) is 10.6 Å². The molecular weight excluding hydrogens is 303 g/mol. The fourth-order valence-electron chi connectivity index (χ4n) is 1.38. The van der Waals surface area contributed by atoms with Crippen LogP contribution in [0.1, 0.15) is 22.2 Å². The average molecular weight is 313 g/mol. The van der Waals surface area contributed by atoms with Crippen LogP contribution in [0, 0.1) is 0 Å². The van der Waals surface area contributed by atoms with E-state index >= 15 is 0 Å². The van der Waals surface area contributed by atoms with Crippen LogP contribution in [0.2, 0.25) is 10.0 Å². The molecular formula is C13H10Cl2N2OS. The maximum atomic E-state index is 11.9. The second kappa shape index (κ2) is 6.19. The van der Waals surface area contributed by atoms with Gasteiger partial charge in [-0.2, -0.15) is 5.10 Å². The molecule has 0 saturated heterocycles. The number of thiophene rings is 1. The first-order valence-corrected chi connectivity index (χ1v) is 7.05. The van der Waals surface area contributed by atoms with Gasteiger partial charge in [-0.25, -0.2) is 5.43 Å². The van der Waals surface area contributed by atoms with Gasteiger partial charge in [-0.15, -0.1) is 11.3 Å². The van der Waals surface area contributed by atoms with Gasteiger partial charge >= 0.3 is 0 Å². The van der Waals surface area contributed by atoms with Gasteiger partial charge in [0.1, 0.15) is 0 Å². The van der Waals surface area contributed by atoms with Crippen LogP contribution in [0.5, 0.6) is 0 Å². The third kappa shape index (κ3) is 3.56. The molecule has 0 aliphatic carbocycles. The van der Waals surface area contributed by atoms with E-state index in [1.165, 1.54) is 6.07 Å². The van der Waals surface area contributed by atoms with Crippen molar-refractivity contribution in [1.29, 1.82) is 0 Å². The van der Waals surface area contributed by atoms with E-state index in [9.17, 15) is 4.79 Å². The van der Waals surface area contributed by atoms with E-state index in [-0.39, 0.29) is 5.91 Å². The van der Waals surface area contributed by atoms with Crippen LogP contribution >= 0.6 is 34.5 Å². The van der Waals surface area contributed by atoms with Gasteiger partial charge < -0.3 is 0 Å². The highest BCUT2D eigenvalue weighted by Crippen LogP contribution is 2.22. The predicted octanol–water partition coefficient (Wildman–Crippen LogP) is 4.21. The highest BCUT2D eigenvalue weighted by Gasteiger charge is 2.07. The van der Waals surface area contributed by atoms with Crippen molar-refractivity contribution in [3.8, 4) is 0 Å². The Morgan fingerprint density at radius 3 is 2.68 bits per heavy atom. The van der Waals surface area contributed by atoms with Gasteiger partial charge in [-0.05, 0) is 36.6 Å². The molecule has 1 aromatic heterocycles. The van der Waals surface area contributed by atoms with Gasteiger partial charge in [0, 0.05) is 10.4 Å². The number of nitrogens with one attached hydrogen (secondary N) is 1. The zero-order valence-electron chi connectivity index (χ0n) is 9.98. The van der Waals surface area contributed by atoms with Gasteiger partial charge in [0.25, 0.3) is 5.91 Å². The van der Waals surface area contributed by atoms with Crippen molar-refractivity contribution < 1.29 is 4.79 Å². The van der Waals surface area contributed by atoms with Gasteiger partial charge in [0.15, 0.2) is 0 Å². The van der Waals surface area contributed by atoms with E-state index in [1.54, 1.807) is 23.5 Å². The smallest absolute Gasteiger partial charge is 0.267 e. The summed E-state index contributed by atoms with van der Waals surface area (Å²) in [4.78, 5) is 12.9. The Bertz CT molecular complexity index is 624. The Hall–Kier alpha value is -1.36. The first-order chi connectivity index (χ1) is 9.08. The number of rotatable bonds is 3. The first-order valence-electron chi connectivity index (χ1n) is 5.41. The molecule has 0 spiro atoms. The lowest BCUT2D eigenvalue weighted by Gasteiger charge is -2.03. The molecule has 2 rings (SSSR count). The third-order valence-corrected chi connectivity index (χ3v) is 4.10. The molecule has 2 aromatic rings. The number of nitrogens with zero attached hydrogens (tertiary/aromatic N) is 1. The predicted molar refractivity (Wildman–Crippen MR) is 80.5 cm³/mol. The first kappa shape index (κ1) is 14.1. The molecule has 0 bridgehead atoms. The van der Waals surface area contributed by atoms with Crippen molar-refractivity contribution in [3.63, 3.8) is 0 Å². The van der Waals surface area contributed by atoms with Crippen LogP contribution in [0.4, 0.5) is 0 Å². The Morgan fingerprint density at radius 2 is 2.05 bits per heavy atom. The summed E-state index contributed by atoms with van der Waals surface area (Å²) >= 11 is 13.2. The molecule has 0 saturated carbocycles. The second-order valence-electron chi connectivity index (χ2n) is 3.74. The molecule has 1 amide bonds. The summed E-state index contributed by atoms with van der Waals surface area (Å²) in [5.41, 5.74) is 3.65. The molecule has 0 radical (unpaired) electrons. The quantitative estimate of drug-likeness (QED) is 0.669. The number of carbonyl (C=O) groups excluding carboxylic acids is 1. The monoisotopic (exact) mass is 312 g/mol. The summed E-state index contributed by atoms with van der Waals surface area (Å²) in [6.45, 7) is 1.83. The van der Waals surface area contributed by atoms with E-state index in [2.05, 4.69) is 10.5 Å². The standard InChI is InChI=1S/C13H10Cl2N2OS/c1-8(12-3-2-6-19-12)16-17-13(18)9-4-5-10(14)11(15)7-9/h2-7H,1H3,(H,17,18). The van der Waals surface area contributed by atoms with Crippen molar-refractivity contribution in [1.82, 2.24) is 5.43 Å². The third-order valence-electron chi connectivity index (χ3n) is 2.38. The second-order valence-corrected chi connectivity index (χ2v) is 5.51. The molecule has 98 valence electrons. The van der Waals surface area contributed by atoms with Crippen LogP contribution in [0.15, 0.2) is 40.8 Å². The van der Waals surface area contributed by atoms with Gasteiger partial charge in [-0.1, -0.05) is 29.3 Å². The number of benzene rings is 1. The number of amides is 1. The molecule has 1 N–H and O–H groups in total. The summed E-state index contributed by atoms with van der Waals surface area (Å²) in [6.07, 6.45) is 0. The summed E-state index contributed by atoms with van der Waals surface area (Å²) in [7, 11) is 0. The van der Waals surface area contributed by atoms with E-state index < -0.39 is 0 Å². The van der Waals surface area contributed by atoms with Crippen molar-refractivity contribution >= 4 is 46.2 Å². The molecule has 1 heterocycles. The maximum absolute atomic E-state index is 11.9. The molecule has 0 aliphatic heterocycles. The van der Waals surface area contributed by atoms with Crippen LogP contribution in [0.25, 0.3) is 0 Å². The Labute approximate surface area is 124 Å². The lowest BCUT2D eigenvalue weighted by atomic mass is 10.2. The van der Waals surface area contributed by atoms with E-state index in [1.807, 2.05) is 24.4 Å². The molecule has 19 heavy (non-hydrogen) atoms. The van der Waals surface area contributed by atoms with E-state index in [4.69, 9.17) is 23.2 Å². The van der Waals surface area contributed by atoms with Crippen molar-refractivity contribution in [2.24, 2.45) is 5.10 Å². The van der Waals surface area contributed by atoms with Crippen LogP contribution in [0.3, 0.4) is 0 Å². The summed E-state index contributed by atoms with van der Waals surface area (Å²) in [6, 6.07) is 8.55. The molecule has 0 unspecified atom stereocenters. The van der Waals surface area contributed by atoms with Gasteiger partial charge in [-0.3, -0.25) is 4.79 Å². The minimum atomic E-state index is -0.325. The molecule has 0 aliphatic rings. The lowest BCUT2D eigenvalue weighted by molar-refractivity contribution is 0.0955. The minimum Gasteiger partial charge on any atom is -0.267 e. The van der Waals surface area contributed by atoms with E-state index in [0.29, 0.717) is 15.6 Å². The number of hydrogen-bond acceptors (Lipinski definition) is 3. The maximum Gasteiger partial charge on any atom is 0.271 e. The molecule has 1 aromatic carbocycles. The van der Waals surface area contributed by atoms with Crippen LogP contribution in [-0.4, -0.2) is 11.6 Å². The highest BCUT2D eigenvalue weighted by molar-refractivity contribution is 7.12. The van der Waals surface area contributed by atoms with Crippen LogP contribution in [-0.2, 0) is 0 Å². The number of hydrogen-bond donors (Lipinski definition) is 1. The summed E-state index contributed by atoms with van der Waals surface area (Å²) in [5.74, 6) is -0.325. The fraction of sp³-hybridized carbons (Fsp3) is 0.0769. The topological polar surface area (TPSA) is 41.5 Å². The number of hydrazone groups is 1. The molecule has 0 atom stereocenters. The van der Waals surface area contributed by atoms with Crippen molar-refractivity contribution in [2.75, 3.05) is 0 Å². The lowest BCUT2D eigenvalue weighted by Crippen LogP contribution is -2.19. The molecule has 0 fully saturated rings. The Morgan fingerprint density at radius 1 is 1.26 bits per heavy atom. The Kier molecular flexibility index (Phi) is 4.58. The SMILES string of the molecule is CC(=NNC(=O)c1ccc(Cl)c(Cl)c1)c1cccs1. The molecule has 6 heteroatoms. The van der Waals surface area contributed by atoms with Gasteiger partial charge in [0.05, 0.1) is 15.8 Å². The minimum absolute atomic E-state index is 0.325.